The number of hydrogen-bond donors (Lipinski definition) is 1. The van der Waals surface area contributed by atoms with Gasteiger partial charge in [-0.05, 0) is 6.07 Å². The van der Waals surface area contributed by atoms with Crippen molar-refractivity contribution < 1.29 is 8.78 Å². The van der Waals surface area contributed by atoms with Crippen molar-refractivity contribution in [1.82, 2.24) is 9.55 Å². The zero-order chi connectivity index (χ0) is 14.7. The first kappa shape index (κ1) is 14.1. The second-order valence-electron chi connectivity index (χ2n) is 4.33. The Morgan fingerprint density at radius 2 is 2.20 bits per heavy atom. The highest BCUT2D eigenvalue weighted by Crippen LogP contribution is 2.29. The third kappa shape index (κ3) is 2.50. The first-order chi connectivity index (χ1) is 9.58. The van der Waals surface area contributed by atoms with Crippen LogP contribution in [0.5, 0.6) is 0 Å². The molecule has 3 nitrogen and oxygen atoms in total. The van der Waals surface area contributed by atoms with Gasteiger partial charge in [0.1, 0.15) is 17.3 Å². The van der Waals surface area contributed by atoms with Gasteiger partial charge in [-0.3, -0.25) is 0 Å². The van der Waals surface area contributed by atoms with Crippen molar-refractivity contribution in [1.29, 1.82) is 0 Å². The van der Waals surface area contributed by atoms with Gasteiger partial charge >= 0.3 is 0 Å². The van der Waals surface area contributed by atoms with Crippen LogP contribution in [0.15, 0.2) is 24.3 Å². The summed E-state index contributed by atoms with van der Waals surface area (Å²) in [7, 11) is 0. The average molecular weight is 275 g/mol. The fraction of sp³-hybridized carbons (Fsp3) is 0.267. The molecular weight excluding hydrogens is 260 g/mol. The van der Waals surface area contributed by atoms with Gasteiger partial charge in [-0.2, -0.15) is 0 Å². The van der Waals surface area contributed by atoms with E-state index in [1.54, 1.807) is 16.7 Å². The van der Waals surface area contributed by atoms with Crippen LogP contribution in [0.3, 0.4) is 0 Å². The maximum Gasteiger partial charge on any atom is 0.263 e. The fourth-order valence-corrected chi connectivity index (χ4v) is 2.09. The highest BCUT2D eigenvalue weighted by atomic mass is 19.3. The Kier molecular flexibility index (Phi) is 4.04. The van der Waals surface area contributed by atoms with Crippen LogP contribution in [0.25, 0.3) is 11.3 Å². The van der Waals surface area contributed by atoms with Crippen molar-refractivity contribution >= 4 is 5.82 Å². The van der Waals surface area contributed by atoms with Crippen molar-refractivity contribution in [3.8, 4) is 23.6 Å². The number of nitrogen functional groups attached to an aromatic ring is 1. The first-order valence-corrected chi connectivity index (χ1v) is 6.25. The van der Waals surface area contributed by atoms with Gasteiger partial charge in [0.05, 0.1) is 6.54 Å². The Hall–Kier alpha value is -2.35. The van der Waals surface area contributed by atoms with Crippen molar-refractivity contribution in [3.05, 3.63) is 35.7 Å². The molecule has 0 saturated carbocycles. The summed E-state index contributed by atoms with van der Waals surface area (Å²) >= 11 is 0. The van der Waals surface area contributed by atoms with E-state index in [0.717, 1.165) is 5.82 Å². The molecule has 0 bridgehead atoms. The summed E-state index contributed by atoms with van der Waals surface area (Å²) in [6.45, 7) is 2.25. The van der Waals surface area contributed by atoms with E-state index >= 15 is 0 Å². The zero-order valence-corrected chi connectivity index (χ0v) is 11.1. The molecule has 0 saturated heterocycles. The molecule has 20 heavy (non-hydrogen) atoms. The molecule has 0 radical (unpaired) electrons. The lowest BCUT2D eigenvalue weighted by molar-refractivity contribution is 0.151. The molecule has 5 heteroatoms. The SMILES string of the molecule is C#CCn1c(CC)nc(-c2cccc(C(F)F)c2)c1N. The minimum absolute atomic E-state index is 0.0496. The lowest BCUT2D eigenvalue weighted by Crippen LogP contribution is -2.05. The van der Waals surface area contributed by atoms with Crippen molar-refractivity contribution in [2.75, 3.05) is 5.73 Å². The number of rotatable bonds is 4. The molecule has 2 aromatic rings. The quantitative estimate of drug-likeness (QED) is 0.870. The normalized spacial score (nSPS) is 10.8. The van der Waals surface area contributed by atoms with Crippen LogP contribution in [-0.4, -0.2) is 9.55 Å². The highest BCUT2D eigenvalue weighted by Gasteiger charge is 2.16. The molecule has 1 aromatic heterocycles. The molecule has 0 aliphatic rings. The molecule has 1 heterocycles. The van der Waals surface area contributed by atoms with Gasteiger partial charge in [-0.25, -0.2) is 13.8 Å². The van der Waals surface area contributed by atoms with Crippen LogP contribution in [0.1, 0.15) is 24.7 Å². The zero-order valence-electron chi connectivity index (χ0n) is 11.1. The van der Waals surface area contributed by atoms with Gasteiger partial charge in [0.25, 0.3) is 6.43 Å². The largest absolute Gasteiger partial charge is 0.383 e. The predicted octanol–water partition coefficient (Wildman–Crippen LogP) is 3.27. The first-order valence-electron chi connectivity index (χ1n) is 6.25. The van der Waals surface area contributed by atoms with E-state index in [0.29, 0.717) is 30.0 Å². The molecule has 0 atom stereocenters. The maximum atomic E-state index is 12.8. The van der Waals surface area contributed by atoms with Gasteiger partial charge in [-0.15, -0.1) is 6.42 Å². The maximum absolute atomic E-state index is 12.8. The van der Waals surface area contributed by atoms with E-state index in [-0.39, 0.29) is 5.56 Å². The van der Waals surface area contributed by atoms with E-state index in [1.807, 2.05) is 6.92 Å². The number of anilines is 1. The summed E-state index contributed by atoms with van der Waals surface area (Å²) in [6, 6.07) is 6.07. The van der Waals surface area contributed by atoms with E-state index in [4.69, 9.17) is 12.2 Å². The number of aryl methyl sites for hydroxylation is 1. The van der Waals surface area contributed by atoms with Gasteiger partial charge in [0.15, 0.2) is 0 Å². The number of benzene rings is 1. The lowest BCUT2D eigenvalue weighted by atomic mass is 10.1. The standard InChI is InChI=1S/C15H15F2N3/c1-3-8-20-12(4-2)19-13(15(20)18)10-6-5-7-11(9-10)14(16)17/h1,5-7,9,14H,4,8,18H2,2H3. The topological polar surface area (TPSA) is 43.8 Å². The number of nitrogens with two attached hydrogens (primary N) is 1. The minimum Gasteiger partial charge on any atom is -0.383 e. The van der Waals surface area contributed by atoms with Crippen LogP contribution < -0.4 is 5.73 Å². The molecule has 0 aliphatic carbocycles. The molecule has 0 aliphatic heterocycles. The van der Waals surface area contributed by atoms with Crippen molar-refractivity contribution in [3.63, 3.8) is 0 Å². The van der Waals surface area contributed by atoms with E-state index < -0.39 is 6.43 Å². The molecule has 2 N–H and O–H groups in total. The van der Waals surface area contributed by atoms with Gasteiger partial charge in [-0.1, -0.05) is 31.0 Å². The van der Waals surface area contributed by atoms with E-state index in [9.17, 15) is 8.78 Å². The van der Waals surface area contributed by atoms with Crippen molar-refractivity contribution in [2.45, 2.75) is 26.3 Å². The third-order valence-electron chi connectivity index (χ3n) is 3.06. The molecule has 0 unspecified atom stereocenters. The summed E-state index contributed by atoms with van der Waals surface area (Å²) in [6.07, 6.45) is 3.46. The van der Waals surface area contributed by atoms with Crippen molar-refractivity contribution in [2.24, 2.45) is 0 Å². The van der Waals surface area contributed by atoms with Crippen LogP contribution in [0, 0.1) is 12.3 Å². The molecule has 0 amide bonds. The molecular formula is C15H15F2N3. The Bertz CT molecular complexity index is 654. The fourth-order valence-electron chi connectivity index (χ4n) is 2.09. The molecule has 0 fully saturated rings. The van der Waals surface area contributed by atoms with Crippen LogP contribution in [0.2, 0.25) is 0 Å². The number of imidazole rings is 1. The number of alkyl halides is 2. The van der Waals surface area contributed by atoms with Gasteiger partial charge in [0, 0.05) is 17.5 Å². The molecule has 2 rings (SSSR count). The smallest absolute Gasteiger partial charge is 0.263 e. The van der Waals surface area contributed by atoms with Gasteiger partial charge < -0.3 is 10.3 Å². The Morgan fingerprint density at radius 3 is 2.80 bits per heavy atom. The van der Waals surface area contributed by atoms with Crippen LogP contribution in [0.4, 0.5) is 14.6 Å². The lowest BCUT2D eigenvalue weighted by Gasteiger charge is -2.05. The highest BCUT2D eigenvalue weighted by molar-refractivity contribution is 5.71. The predicted molar refractivity (Wildman–Crippen MR) is 75.2 cm³/mol. The van der Waals surface area contributed by atoms with E-state index in [1.165, 1.54) is 12.1 Å². The van der Waals surface area contributed by atoms with Gasteiger partial charge in [0.2, 0.25) is 0 Å². The third-order valence-corrected chi connectivity index (χ3v) is 3.06. The number of terminal acetylenes is 1. The second-order valence-corrected chi connectivity index (χ2v) is 4.33. The summed E-state index contributed by atoms with van der Waals surface area (Å²) in [4.78, 5) is 4.42. The second kappa shape index (κ2) is 5.74. The Morgan fingerprint density at radius 1 is 1.45 bits per heavy atom. The minimum atomic E-state index is -2.52. The summed E-state index contributed by atoms with van der Waals surface area (Å²) in [5.74, 6) is 3.67. The van der Waals surface area contributed by atoms with Crippen LogP contribution in [-0.2, 0) is 13.0 Å². The average Bonchev–Trinajstić information content (AvgIpc) is 2.76. The molecule has 0 spiro atoms. The van der Waals surface area contributed by atoms with Crippen LogP contribution >= 0.6 is 0 Å². The number of hydrogen-bond acceptors (Lipinski definition) is 2. The Balaban J connectivity index is 2.53. The molecule has 1 aromatic carbocycles. The Labute approximate surface area is 116 Å². The number of aromatic nitrogens is 2. The number of halogens is 2. The molecule has 104 valence electrons. The summed E-state index contributed by atoms with van der Waals surface area (Å²) < 4.78 is 27.2. The summed E-state index contributed by atoms with van der Waals surface area (Å²) in [5, 5.41) is 0. The number of nitrogens with zero attached hydrogens (tertiary/aromatic N) is 2. The van der Waals surface area contributed by atoms with E-state index in [2.05, 4.69) is 10.9 Å². The summed E-state index contributed by atoms with van der Waals surface area (Å²) in [5.41, 5.74) is 7.07. The monoisotopic (exact) mass is 275 g/mol.